The molecule has 0 spiro atoms. The molecule has 0 heterocycles. The van der Waals surface area contributed by atoms with Crippen LogP contribution >= 0.6 is 17.1 Å². The molecule has 6 heteroatoms. The van der Waals surface area contributed by atoms with Crippen LogP contribution < -0.4 is 56.3 Å². The fourth-order valence-corrected chi connectivity index (χ4v) is 2.97. The first-order valence-corrected chi connectivity index (χ1v) is 6.86. The zero-order chi connectivity index (χ0) is 7.33. The Bertz CT molecular complexity index is 122. The van der Waals surface area contributed by atoms with Gasteiger partial charge >= 0.3 is 51.4 Å². The molecule has 0 aliphatic rings. The van der Waals surface area contributed by atoms with E-state index in [-0.39, 0.29) is 51.4 Å². The fourth-order valence-electron chi connectivity index (χ4n) is 0.256. The molecule has 56 valence electrons. The van der Waals surface area contributed by atoms with Gasteiger partial charge < -0.3 is 9.42 Å². The third kappa shape index (κ3) is 8.65. The number of rotatable bonds is 4. The molecular formula is C4H10KO2PS2. The second-order valence-electron chi connectivity index (χ2n) is 1.46. The van der Waals surface area contributed by atoms with Crippen LogP contribution in [0.2, 0.25) is 0 Å². The van der Waals surface area contributed by atoms with Crippen LogP contribution in [0.25, 0.3) is 0 Å². The van der Waals surface area contributed by atoms with Gasteiger partial charge in [-0.25, -0.2) is 0 Å². The number of hydrogen-bond acceptors (Lipinski definition) is 4. The van der Waals surface area contributed by atoms with E-state index in [1.54, 1.807) is 0 Å². The van der Waals surface area contributed by atoms with Gasteiger partial charge in [-0.05, 0) is 12.2 Å². The largest absolute Gasteiger partial charge is 1.00 e. The Morgan fingerprint density at radius 1 is 1.70 bits per heavy atom. The Balaban J connectivity index is 0. The van der Waals surface area contributed by atoms with Gasteiger partial charge in [0, 0.05) is 12.8 Å². The van der Waals surface area contributed by atoms with Gasteiger partial charge in [-0.3, -0.25) is 0 Å². The Morgan fingerprint density at radius 3 is 2.50 bits per heavy atom. The first kappa shape index (κ1) is 15.0. The molecule has 0 rings (SSSR count). The van der Waals surface area contributed by atoms with E-state index >= 15 is 0 Å². The zero-order valence-corrected chi connectivity index (χ0v) is 12.1. The van der Waals surface area contributed by atoms with Crippen molar-refractivity contribution in [2.75, 3.05) is 12.9 Å². The molecule has 0 aromatic heterocycles. The minimum atomic E-state index is -2.69. The molecule has 0 N–H and O–H groups in total. The molecule has 0 aliphatic heterocycles. The molecule has 1 atom stereocenters. The molecular weight excluding hydrogens is 214 g/mol. The molecule has 0 saturated heterocycles. The van der Waals surface area contributed by atoms with E-state index in [2.05, 4.69) is 16.3 Å². The van der Waals surface area contributed by atoms with Crippen LogP contribution in [0, 0.1) is 0 Å². The normalized spacial score (nSPS) is 15.5. The van der Waals surface area contributed by atoms with Crippen molar-refractivity contribution in [1.29, 1.82) is 0 Å². The molecule has 1 unspecified atom stereocenters. The molecule has 0 aliphatic carbocycles. The number of hydrogen-bond donors (Lipinski definition) is 0. The van der Waals surface area contributed by atoms with Crippen LogP contribution in [0.15, 0.2) is 0 Å². The van der Waals surface area contributed by atoms with E-state index in [0.717, 1.165) is 12.2 Å². The molecule has 0 saturated carbocycles. The van der Waals surface area contributed by atoms with E-state index in [1.807, 2.05) is 6.92 Å². The molecule has 0 fully saturated rings. The molecule has 2 nitrogen and oxygen atoms in total. The summed E-state index contributed by atoms with van der Waals surface area (Å²) in [6.07, 6.45) is 0.981. The van der Waals surface area contributed by atoms with Crippen LogP contribution in [-0.4, -0.2) is 12.9 Å². The topological polar surface area (TPSA) is 32.3 Å². The Kier molecular flexibility index (Phi) is 12.3. The second kappa shape index (κ2) is 8.17. The third-order valence-corrected chi connectivity index (χ3v) is 5.37. The molecule has 0 bridgehead atoms. The minimum Gasteiger partial charge on any atom is -0.793 e. The summed E-state index contributed by atoms with van der Waals surface area (Å²) >= 11 is 5.83. The van der Waals surface area contributed by atoms with Crippen molar-refractivity contribution in [1.82, 2.24) is 0 Å². The molecule has 0 radical (unpaired) electrons. The van der Waals surface area contributed by atoms with E-state index in [4.69, 9.17) is 0 Å². The molecule has 10 heavy (non-hydrogen) atoms. The quantitative estimate of drug-likeness (QED) is 0.424. The summed E-state index contributed by atoms with van der Waals surface area (Å²) in [5.41, 5.74) is -2.69. The predicted molar refractivity (Wildman–Crippen MR) is 44.0 cm³/mol. The summed E-state index contributed by atoms with van der Waals surface area (Å²) in [6, 6.07) is 0. The maximum Gasteiger partial charge on any atom is 1.00 e. The zero-order valence-electron chi connectivity index (χ0n) is 6.49. The van der Waals surface area contributed by atoms with Crippen molar-refractivity contribution in [2.24, 2.45) is 0 Å². The van der Waals surface area contributed by atoms with Gasteiger partial charge in [-0.1, -0.05) is 18.7 Å². The summed E-state index contributed by atoms with van der Waals surface area (Å²) in [5, 5.41) is 0. The maximum absolute atomic E-state index is 10.9. The van der Waals surface area contributed by atoms with Gasteiger partial charge in [-0.15, -0.1) is 11.4 Å². The summed E-state index contributed by atoms with van der Waals surface area (Å²) in [5.74, 6) is 0.814. The Morgan fingerprint density at radius 2 is 2.20 bits per heavy atom. The SMILES string of the molecule is CCCSP([O-])(=S)OC.[K+]. The van der Waals surface area contributed by atoms with Gasteiger partial charge in [-0.2, -0.15) is 0 Å². The van der Waals surface area contributed by atoms with Crippen molar-refractivity contribution < 1.29 is 60.8 Å². The van der Waals surface area contributed by atoms with Crippen LogP contribution in [0.3, 0.4) is 0 Å². The molecule has 0 aromatic carbocycles. The van der Waals surface area contributed by atoms with Gasteiger partial charge in [0.25, 0.3) is 0 Å². The van der Waals surface area contributed by atoms with Gasteiger partial charge in [0.1, 0.15) is 0 Å². The smallest absolute Gasteiger partial charge is 0.793 e. The summed E-state index contributed by atoms with van der Waals surface area (Å²) in [7, 11) is 1.39. The molecule has 0 aromatic rings. The van der Waals surface area contributed by atoms with E-state index in [0.29, 0.717) is 0 Å². The van der Waals surface area contributed by atoms with Gasteiger partial charge in [0.15, 0.2) is 0 Å². The van der Waals surface area contributed by atoms with E-state index in [1.165, 1.54) is 18.5 Å². The maximum atomic E-state index is 10.9. The van der Waals surface area contributed by atoms with Crippen LogP contribution in [0.1, 0.15) is 13.3 Å². The van der Waals surface area contributed by atoms with E-state index < -0.39 is 5.69 Å². The minimum absolute atomic E-state index is 0. The average molecular weight is 224 g/mol. The Labute approximate surface area is 114 Å². The first-order valence-electron chi connectivity index (χ1n) is 2.63. The molecule has 0 amide bonds. The summed E-state index contributed by atoms with van der Waals surface area (Å²) in [4.78, 5) is 10.9. The van der Waals surface area contributed by atoms with Gasteiger partial charge in [0.05, 0.1) is 0 Å². The fraction of sp³-hybridized carbons (Fsp3) is 1.00. The van der Waals surface area contributed by atoms with Crippen LogP contribution in [-0.2, 0) is 16.3 Å². The van der Waals surface area contributed by atoms with Crippen molar-refractivity contribution in [3.63, 3.8) is 0 Å². The third-order valence-electron chi connectivity index (χ3n) is 0.677. The predicted octanol–water partition coefficient (Wildman–Crippen LogP) is -1.64. The summed E-state index contributed by atoms with van der Waals surface area (Å²) < 4.78 is 4.57. The van der Waals surface area contributed by atoms with Crippen LogP contribution in [0.5, 0.6) is 0 Å². The van der Waals surface area contributed by atoms with E-state index in [9.17, 15) is 4.89 Å². The van der Waals surface area contributed by atoms with Crippen molar-refractivity contribution >= 4 is 28.9 Å². The van der Waals surface area contributed by atoms with Crippen LogP contribution in [0.4, 0.5) is 0 Å². The first-order chi connectivity index (χ1) is 4.12. The van der Waals surface area contributed by atoms with Crippen molar-refractivity contribution in [2.45, 2.75) is 13.3 Å². The average Bonchev–Trinajstić information content (AvgIpc) is 1.84. The van der Waals surface area contributed by atoms with Crippen molar-refractivity contribution in [3.05, 3.63) is 0 Å². The standard InChI is InChI=1S/C4H11O2PS2.K/c1-3-4-9-7(5,8)6-2;/h3-4H2,1-2H3,(H,5,8);/q;+1/p-1. The Hall–Kier alpha value is 2.56. The van der Waals surface area contributed by atoms with Crippen molar-refractivity contribution in [3.8, 4) is 0 Å². The van der Waals surface area contributed by atoms with Gasteiger partial charge in [0.2, 0.25) is 0 Å². The summed E-state index contributed by atoms with van der Waals surface area (Å²) in [6.45, 7) is 2.01. The monoisotopic (exact) mass is 224 g/mol. The second-order valence-corrected chi connectivity index (χ2v) is 7.74.